The summed E-state index contributed by atoms with van der Waals surface area (Å²) in [6.07, 6.45) is 0.945. The smallest absolute Gasteiger partial charge is 0.127 e. The van der Waals surface area contributed by atoms with E-state index in [4.69, 9.17) is 16.3 Å². The number of ether oxygens (including phenoxy) is 1. The Bertz CT molecular complexity index is 670. The van der Waals surface area contributed by atoms with Crippen LogP contribution in [0.1, 0.15) is 27.6 Å². The Morgan fingerprint density at radius 1 is 1.20 bits per heavy atom. The highest BCUT2D eigenvalue weighted by molar-refractivity contribution is 9.10. The fraction of sp³-hybridized carbons (Fsp3) is 0.250. The van der Waals surface area contributed by atoms with E-state index < -0.39 is 0 Å². The summed E-state index contributed by atoms with van der Waals surface area (Å²) in [4.78, 5) is 0. The molecule has 0 saturated carbocycles. The van der Waals surface area contributed by atoms with Crippen molar-refractivity contribution in [3.05, 3.63) is 61.5 Å². The molecule has 1 heterocycles. The van der Waals surface area contributed by atoms with Crippen molar-refractivity contribution in [1.29, 1.82) is 0 Å². The largest absolute Gasteiger partial charge is 0.493 e. The molecular formula is C16H13Br2ClO. The number of hydrogen-bond donors (Lipinski definition) is 0. The summed E-state index contributed by atoms with van der Waals surface area (Å²) in [7, 11) is 0. The number of halogens is 3. The summed E-state index contributed by atoms with van der Waals surface area (Å²) in [5.41, 5.74) is 4.51. The van der Waals surface area contributed by atoms with Gasteiger partial charge >= 0.3 is 0 Å². The summed E-state index contributed by atoms with van der Waals surface area (Å²) in [6, 6.07) is 10.3. The molecule has 0 aliphatic carbocycles. The molecule has 1 unspecified atom stereocenters. The molecule has 1 aliphatic heterocycles. The van der Waals surface area contributed by atoms with Crippen molar-refractivity contribution in [2.75, 3.05) is 6.61 Å². The van der Waals surface area contributed by atoms with Crippen LogP contribution in [0.2, 0.25) is 0 Å². The molecule has 0 spiro atoms. The van der Waals surface area contributed by atoms with Crippen LogP contribution in [0.4, 0.5) is 0 Å². The van der Waals surface area contributed by atoms with Gasteiger partial charge in [0.2, 0.25) is 0 Å². The van der Waals surface area contributed by atoms with E-state index in [-0.39, 0.29) is 5.38 Å². The van der Waals surface area contributed by atoms with Gasteiger partial charge in [-0.25, -0.2) is 0 Å². The average molecular weight is 417 g/mol. The Morgan fingerprint density at radius 2 is 2.00 bits per heavy atom. The Morgan fingerprint density at radius 3 is 2.80 bits per heavy atom. The van der Waals surface area contributed by atoms with Gasteiger partial charge in [0, 0.05) is 20.9 Å². The van der Waals surface area contributed by atoms with Crippen LogP contribution >= 0.6 is 43.5 Å². The zero-order chi connectivity index (χ0) is 14.3. The first-order chi connectivity index (χ1) is 9.58. The second-order valence-electron chi connectivity index (χ2n) is 4.92. The minimum absolute atomic E-state index is 0.228. The predicted octanol–water partition coefficient (Wildman–Crippen LogP) is 5.78. The number of rotatable bonds is 2. The predicted molar refractivity (Wildman–Crippen MR) is 89.9 cm³/mol. The number of alkyl halides is 1. The average Bonchev–Trinajstić information content (AvgIpc) is 2.88. The van der Waals surface area contributed by atoms with Crippen molar-refractivity contribution >= 4 is 43.5 Å². The van der Waals surface area contributed by atoms with Gasteiger partial charge in [-0.1, -0.05) is 50.1 Å². The zero-order valence-corrected chi connectivity index (χ0v) is 14.8. The van der Waals surface area contributed by atoms with E-state index >= 15 is 0 Å². The molecule has 20 heavy (non-hydrogen) atoms. The monoisotopic (exact) mass is 414 g/mol. The van der Waals surface area contributed by atoms with Gasteiger partial charge in [0.15, 0.2) is 0 Å². The quantitative estimate of drug-likeness (QED) is 0.564. The molecule has 3 rings (SSSR count). The minimum atomic E-state index is -0.228. The highest BCUT2D eigenvalue weighted by Crippen LogP contribution is 2.43. The van der Waals surface area contributed by atoms with Crippen molar-refractivity contribution in [3.8, 4) is 5.75 Å². The van der Waals surface area contributed by atoms with Crippen LogP contribution in [0.15, 0.2) is 39.3 Å². The van der Waals surface area contributed by atoms with E-state index in [0.29, 0.717) is 0 Å². The normalized spacial score (nSPS) is 14.8. The molecule has 0 aromatic heterocycles. The topological polar surface area (TPSA) is 9.23 Å². The molecule has 1 atom stereocenters. The van der Waals surface area contributed by atoms with Crippen molar-refractivity contribution in [3.63, 3.8) is 0 Å². The lowest BCUT2D eigenvalue weighted by molar-refractivity contribution is 0.353. The Hall–Kier alpha value is -0.510. The van der Waals surface area contributed by atoms with Crippen molar-refractivity contribution < 1.29 is 4.74 Å². The van der Waals surface area contributed by atoms with Crippen LogP contribution in [0.25, 0.3) is 0 Å². The zero-order valence-electron chi connectivity index (χ0n) is 10.9. The lowest BCUT2D eigenvalue weighted by Gasteiger charge is -2.17. The first-order valence-corrected chi connectivity index (χ1v) is 8.44. The highest BCUT2D eigenvalue weighted by Gasteiger charge is 2.24. The summed E-state index contributed by atoms with van der Waals surface area (Å²) in [5.74, 6) is 0.946. The van der Waals surface area contributed by atoms with Gasteiger partial charge in [0.25, 0.3) is 0 Å². The molecule has 0 fully saturated rings. The van der Waals surface area contributed by atoms with E-state index in [1.807, 2.05) is 6.07 Å². The van der Waals surface area contributed by atoms with Crippen LogP contribution in [0.5, 0.6) is 5.75 Å². The van der Waals surface area contributed by atoms with Crippen LogP contribution < -0.4 is 4.74 Å². The van der Waals surface area contributed by atoms with E-state index in [2.05, 4.69) is 63.0 Å². The van der Waals surface area contributed by atoms with Crippen molar-refractivity contribution in [2.24, 2.45) is 0 Å². The number of aryl methyl sites for hydroxylation is 1. The summed E-state index contributed by atoms with van der Waals surface area (Å²) >= 11 is 13.9. The third-order valence-electron chi connectivity index (χ3n) is 3.54. The van der Waals surface area contributed by atoms with E-state index in [1.165, 1.54) is 11.1 Å². The molecule has 104 valence electrons. The first-order valence-electron chi connectivity index (χ1n) is 6.42. The first kappa shape index (κ1) is 14.4. The summed E-state index contributed by atoms with van der Waals surface area (Å²) < 4.78 is 7.89. The molecule has 0 saturated heterocycles. The fourth-order valence-electron chi connectivity index (χ4n) is 2.52. The maximum Gasteiger partial charge on any atom is 0.127 e. The lowest BCUT2D eigenvalue weighted by atomic mass is 9.99. The molecule has 0 bridgehead atoms. The van der Waals surface area contributed by atoms with E-state index in [1.54, 1.807) is 0 Å². The van der Waals surface area contributed by atoms with Crippen molar-refractivity contribution in [1.82, 2.24) is 0 Å². The van der Waals surface area contributed by atoms with Gasteiger partial charge in [-0.3, -0.25) is 0 Å². The second-order valence-corrected chi connectivity index (χ2v) is 7.07. The molecule has 2 aromatic rings. The van der Waals surface area contributed by atoms with Crippen LogP contribution in [0, 0.1) is 6.92 Å². The van der Waals surface area contributed by atoms with Crippen LogP contribution in [-0.4, -0.2) is 6.61 Å². The SMILES string of the molecule is Cc1cccc(C(Cl)c2cc(Br)cc3c2OCC3)c1Br. The Kier molecular flexibility index (Phi) is 4.11. The molecule has 0 N–H and O–H groups in total. The fourth-order valence-corrected chi connectivity index (χ4v) is 4.01. The van der Waals surface area contributed by atoms with Crippen LogP contribution in [0.3, 0.4) is 0 Å². The number of benzene rings is 2. The van der Waals surface area contributed by atoms with E-state index in [0.717, 1.165) is 38.8 Å². The Labute approximate surface area is 140 Å². The number of fused-ring (bicyclic) bond motifs is 1. The van der Waals surface area contributed by atoms with Gasteiger partial charge in [-0.05, 0) is 35.7 Å². The Balaban J connectivity index is 2.11. The number of hydrogen-bond acceptors (Lipinski definition) is 1. The standard InChI is InChI=1S/C16H13Br2ClO/c1-9-3-2-4-12(14(9)18)15(19)13-8-11(17)7-10-5-6-20-16(10)13/h2-4,7-8,15H,5-6H2,1H3. The molecule has 0 radical (unpaired) electrons. The molecular weight excluding hydrogens is 403 g/mol. The van der Waals surface area contributed by atoms with E-state index in [9.17, 15) is 0 Å². The third kappa shape index (κ3) is 2.51. The summed E-state index contributed by atoms with van der Waals surface area (Å²) in [5, 5.41) is -0.228. The van der Waals surface area contributed by atoms with Gasteiger partial charge in [-0.2, -0.15) is 0 Å². The molecule has 1 nitrogen and oxygen atoms in total. The maximum absolute atomic E-state index is 6.73. The maximum atomic E-state index is 6.73. The third-order valence-corrected chi connectivity index (χ3v) is 5.56. The molecule has 2 aromatic carbocycles. The molecule has 1 aliphatic rings. The van der Waals surface area contributed by atoms with Crippen molar-refractivity contribution in [2.45, 2.75) is 18.7 Å². The minimum Gasteiger partial charge on any atom is -0.493 e. The second kappa shape index (κ2) is 5.70. The van der Waals surface area contributed by atoms with Gasteiger partial charge in [0.1, 0.15) is 5.75 Å². The molecule has 4 heteroatoms. The summed E-state index contributed by atoms with van der Waals surface area (Å²) in [6.45, 7) is 2.80. The lowest BCUT2D eigenvalue weighted by Crippen LogP contribution is -1.99. The van der Waals surface area contributed by atoms with Gasteiger partial charge in [-0.15, -0.1) is 11.6 Å². The molecule has 0 amide bonds. The van der Waals surface area contributed by atoms with Gasteiger partial charge < -0.3 is 4.74 Å². The highest BCUT2D eigenvalue weighted by atomic mass is 79.9. The van der Waals surface area contributed by atoms with Gasteiger partial charge in [0.05, 0.1) is 12.0 Å². The van der Waals surface area contributed by atoms with Crippen LogP contribution in [-0.2, 0) is 6.42 Å².